The molecule has 0 aliphatic heterocycles. The Morgan fingerprint density at radius 1 is 1.45 bits per heavy atom. The van der Waals surface area contributed by atoms with Gasteiger partial charge in [0.1, 0.15) is 11.5 Å². The van der Waals surface area contributed by atoms with Gasteiger partial charge < -0.3 is 5.32 Å². The van der Waals surface area contributed by atoms with Gasteiger partial charge in [-0.3, -0.25) is 10.1 Å². The number of hydrogen-bond acceptors (Lipinski definition) is 4. The molecule has 2 aromatic rings. The summed E-state index contributed by atoms with van der Waals surface area (Å²) in [5.41, 5.74) is 0.660. The van der Waals surface area contributed by atoms with Crippen molar-refractivity contribution in [2.24, 2.45) is 0 Å². The lowest BCUT2D eigenvalue weighted by atomic mass is 10.2. The van der Waals surface area contributed by atoms with Crippen LogP contribution in [-0.4, -0.2) is 21.2 Å². The molecule has 0 atom stereocenters. The van der Waals surface area contributed by atoms with E-state index in [0.29, 0.717) is 6.54 Å². The van der Waals surface area contributed by atoms with Gasteiger partial charge in [0.25, 0.3) is 5.69 Å². The Bertz CT molecular complexity index is 612. The predicted octanol–water partition coefficient (Wildman–Crippen LogP) is 2.42. The summed E-state index contributed by atoms with van der Waals surface area (Å²) in [6.45, 7) is 3.51. The van der Waals surface area contributed by atoms with E-state index in [-0.39, 0.29) is 11.4 Å². The maximum atomic E-state index is 13.7. The molecule has 0 amide bonds. The van der Waals surface area contributed by atoms with Crippen molar-refractivity contribution in [2.75, 3.05) is 6.54 Å². The monoisotopic (exact) mass is 278 g/mol. The molecule has 0 spiro atoms. The zero-order valence-corrected chi connectivity index (χ0v) is 11.0. The van der Waals surface area contributed by atoms with Crippen molar-refractivity contribution < 1.29 is 9.31 Å². The molecule has 106 valence electrons. The molecule has 1 aromatic heterocycles. The first-order valence-corrected chi connectivity index (χ1v) is 6.31. The van der Waals surface area contributed by atoms with Crippen LogP contribution in [0.25, 0.3) is 5.69 Å². The van der Waals surface area contributed by atoms with Crippen LogP contribution < -0.4 is 5.32 Å². The molecule has 0 unspecified atom stereocenters. The summed E-state index contributed by atoms with van der Waals surface area (Å²) in [6.07, 6.45) is 2.60. The van der Waals surface area contributed by atoms with Crippen LogP contribution in [0.4, 0.5) is 10.1 Å². The molecule has 0 bridgehead atoms. The second kappa shape index (κ2) is 6.25. The van der Waals surface area contributed by atoms with E-state index >= 15 is 0 Å². The Hall–Kier alpha value is -2.28. The first-order valence-electron chi connectivity index (χ1n) is 6.31. The topological polar surface area (TPSA) is 73.0 Å². The van der Waals surface area contributed by atoms with E-state index in [1.165, 1.54) is 10.7 Å². The molecular formula is C13H15FN4O2. The third kappa shape index (κ3) is 3.18. The van der Waals surface area contributed by atoms with Crippen LogP contribution in [0.1, 0.15) is 19.0 Å². The van der Waals surface area contributed by atoms with Gasteiger partial charge in [-0.15, -0.1) is 0 Å². The Kier molecular flexibility index (Phi) is 4.41. The predicted molar refractivity (Wildman–Crippen MR) is 72.2 cm³/mol. The van der Waals surface area contributed by atoms with Gasteiger partial charge in [-0.25, -0.2) is 9.07 Å². The van der Waals surface area contributed by atoms with Gasteiger partial charge in [0.05, 0.1) is 10.6 Å². The third-order valence-corrected chi connectivity index (χ3v) is 2.76. The number of halogens is 1. The number of nitrogens with one attached hydrogen (secondary N) is 1. The van der Waals surface area contributed by atoms with Crippen LogP contribution in [0.15, 0.2) is 30.5 Å². The number of hydrogen-bond donors (Lipinski definition) is 1. The smallest absolute Gasteiger partial charge is 0.271 e. The molecule has 0 aliphatic rings. The fourth-order valence-electron chi connectivity index (χ4n) is 1.77. The maximum Gasteiger partial charge on any atom is 0.271 e. The van der Waals surface area contributed by atoms with Crippen molar-refractivity contribution in [1.82, 2.24) is 15.1 Å². The lowest BCUT2D eigenvalue weighted by Crippen LogP contribution is -2.14. The van der Waals surface area contributed by atoms with Gasteiger partial charge in [0.2, 0.25) is 0 Å². The van der Waals surface area contributed by atoms with E-state index in [9.17, 15) is 14.5 Å². The average molecular weight is 278 g/mol. The number of benzene rings is 1. The molecule has 7 heteroatoms. The number of non-ortho nitro benzene ring substituents is 1. The number of aromatic nitrogens is 2. The highest BCUT2D eigenvalue weighted by Gasteiger charge is 2.13. The second-order valence-corrected chi connectivity index (χ2v) is 4.32. The summed E-state index contributed by atoms with van der Waals surface area (Å²) in [7, 11) is 0. The molecule has 20 heavy (non-hydrogen) atoms. The molecule has 2 rings (SSSR count). The zero-order chi connectivity index (χ0) is 14.5. The average Bonchev–Trinajstić information content (AvgIpc) is 2.88. The summed E-state index contributed by atoms with van der Waals surface area (Å²) >= 11 is 0. The quantitative estimate of drug-likeness (QED) is 0.500. The Balaban J connectivity index is 2.23. The van der Waals surface area contributed by atoms with E-state index in [1.54, 1.807) is 12.3 Å². The molecule has 0 fully saturated rings. The maximum absolute atomic E-state index is 13.7. The Morgan fingerprint density at radius 2 is 2.25 bits per heavy atom. The van der Waals surface area contributed by atoms with Crippen molar-refractivity contribution >= 4 is 5.69 Å². The number of rotatable bonds is 6. The SMILES string of the molecule is CCCNCc1ccn(-c2cc([N+](=O)[O-])ccc2F)n1. The molecule has 1 N–H and O–H groups in total. The summed E-state index contributed by atoms with van der Waals surface area (Å²) in [4.78, 5) is 10.2. The zero-order valence-electron chi connectivity index (χ0n) is 11.0. The van der Waals surface area contributed by atoms with Crippen molar-refractivity contribution in [3.8, 4) is 5.69 Å². The molecule has 1 heterocycles. The summed E-state index contributed by atoms with van der Waals surface area (Å²) in [5.74, 6) is -0.549. The minimum Gasteiger partial charge on any atom is -0.311 e. The number of nitrogens with zero attached hydrogens (tertiary/aromatic N) is 3. The largest absolute Gasteiger partial charge is 0.311 e. The highest BCUT2D eigenvalue weighted by atomic mass is 19.1. The molecule has 0 aliphatic carbocycles. The third-order valence-electron chi connectivity index (χ3n) is 2.76. The number of nitro benzene ring substituents is 1. The van der Waals surface area contributed by atoms with Gasteiger partial charge in [0, 0.05) is 24.9 Å². The minimum atomic E-state index is -0.559. The summed E-state index contributed by atoms with van der Waals surface area (Å²) in [5, 5.41) is 18.1. The Labute approximate surface area is 115 Å². The van der Waals surface area contributed by atoms with E-state index in [2.05, 4.69) is 17.3 Å². The molecular weight excluding hydrogens is 263 g/mol. The van der Waals surface area contributed by atoms with Crippen molar-refractivity contribution in [3.63, 3.8) is 0 Å². The van der Waals surface area contributed by atoms with Gasteiger partial charge in [-0.05, 0) is 25.1 Å². The minimum absolute atomic E-state index is 0.0703. The van der Waals surface area contributed by atoms with Crippen molar-refractivity contribution in [3.05, 3.63) is 52.1 Å². The van der Waals surface area contributed by atoms with Gasteiger partial charge in [0.15, 0.2) is 0 Å². The summed E-state index contributed by atoms with van der Waals surface area (Å²) < 4.78 is 15.0. The molecule has 0 saturated heterocycles. The fraction of sp³-hybridized carbons (Fsp3) is 0.308. The van der Waals surface area contributed by atoms with Crippen LogP contribution in [0.5, 0.6) is 0 Å². The van der Waals surface area contributed by atoms with E-state index < -0.39 is 10.7 Å². The van der Waals surface area contributed by atoms with Gasteiger partial charge >= 0.3 is 0 Å². The number of nitro groups is 1. The van der Waals surface area contributed by atoms with Crippen LogP contribution in [0.2, 0.25) is 0 Å². The molecule has 6 nitrogen and oxygen atoms in total. The fourth-order valence-corrected chi connectivity index (χ4v) is 1.77. The standard InChI is InChI=1S/C13H15FN4O2/c1-2-6-15-9-10-5-7-17(16-10)13-8-11(18(19)20)3-4-12(13)14/h3-5,7-8,15H,2,6,9H2,1H3. The normalized spacial score (nSPS) is 10.7. The molecule has 0 radical (unpaired) electrons. The highest BCUT2D eigenvalue weighted by molar-refractivity contribution is 5.43. The van der Waals surface area contributed by atoms with Crippen LogP contribution >= 0.6 is 0 Å². The van der Waals surface area contributed by atoms with Crippen LogP contribution in [0, 0.1) is 15.9 Å². The second-order valence-electron chi connectivity index (χ2n) is 4.32. The van der Waals surface area contributed by atoms with Crippen LogP contribution in [0.3, 0.4) is 0 Å². The van der Waals surface area contributed by atoms with Crippen molar-refractivity contribution in [2.45, 2.75) is 19.9 Å². The lowest BCUT2D eigenvalue weighted by Gasteiger charge is -2.03. The molecule has 1 aromatic carbocycles. The van der Waals surface area contributed by atoms with Crippen LogP contribution in [-0.2, 0) is 6.54 Å². The first kappa shape index (κ1) is 14.1. The Morgan fingerprint density at radius 3 is 2.95 bits per heavy atom. The van der Waals surface area contributed by atoms with Gasteiger partial charge in [-0.1, -0.05) is 6.92 Å². The lowest BCUT2D eigenvalue weighted by molar-refractivity contribution is -0.384. The first-order chi connectivity index (χ1) is 9.61. The van der Waals surface area contributed by atoms with E-state index in [1.807, 2.05) is 0 Å². The molecule has 0 saturated carbocycles. The summed E-state index contributed by atoms with van der Waals surface area (Å²) in [6, 6.07) is 5.13. The highest BCUT2D eigenvalue weighted by Crippen LogP contribution is 2.20. The van der Waals surface area contributed by atoms with E-state index in [0.717, 1.165) is 30.8 Å². The van der Waals surface area contributed by atoms with Crippen molar-refractivity contribution in [1.29, 1.82) is 0 Å². The van der Waals surface area contributed by atoms with Gasteiger partial charge in [-0.2, -0.15) is 5.10 Å². The van der Waals surface area contributed by atoms with E-state index in [4.69, 9.17) is 0 Å².